The van der Waals surface area contributed by atoms with Gasteiger partial charge >= 0.3 is 0 Å². The van der Waals surface area contributed by atoms with Gasteiger partial charge in [0.1, 0.15) is 73.2 Å². The molecule has 0 aliphatic carbocycles. The first-order chi connectivity index (χ1) is 23.5. The Hall–Kier alpha value is -0.640. The Bertz CT molecular complexity index is 970. The largest absolute Gasteiger partial charge is 0.394 e. The molecular formula is C32H64O16. The Morgan fingerprint density at radius 3 is 1.17 bits per heavy atom. The number of hydrogen-bond acceptors (Lipinski definition) is 16. The minimum Gasteiger partial charge on any atom is -0.394 e. The summed E-state index contributed by atoms with van der Waals surface area (Å²) in [6, 6.07) is 0. The molecule has 288 valence electrons. The van der Waals surface area contributed by atoms with Crippen LogP contribution < -0.4 is 0 Å². The van der Waals surface area contributed by atoms with Gasteiger partial charge < -0.3 is 79.5 Å². The highest BCUT2D eigenvalue weighted by molar-refractivity contribution is 5.09. The normalized spacial score (nSPS) is 42.2. The molecule has 16 heteroatoms. The molecule has 0 amide bonds. The van der Waals surface area contributed by atoms with Crippen molar-refractivity contribution in [2.45, 2.75) is 167 Å². The average Bonchev–Trinajstić information content (AvgIpc) is 3.05. The standard InChI is InChI=1S/C31H58O16.CH4.H2/c1-28(2,3)31(29(4,5)6,30(7,8)9)47-27-24(46-26-22(41)20(39)17(36)14(11-33)43-26)23(18(37)15(12-34)44-27)45-25-21(40)19(38)16(35)13(10-32)42-25;;/h13-27,32-41H,10-12H2,1-9H3;1H4;1H/i;1+1H;1+0H. The second-order valence-corrected chi connectivity index (χ2v) is 15.9. The van der Waals surface area contributed by atoms with E-state index in [1.165, 1.54) is 7.40 Å². The van der Waals surface area contributed by atoms with E-state index in [0.717, 1.165) is 0 Å². The van der Waals surface area contributed by atoms with Crippen LogP contribution in [0.2, 0.25) is 0 Å². The van der Waals surface area contributed by atoms with E-state index < -0.39 is 134 Å². The van der Waals surface area contributed by atoms with Crippen LogP contribution in [0, 0.1) is 16.2 Å². The monoisotopic (exact) mass is 705 g/mol. The molecule has 0 aromatic carbocycles. The van der Waals surface area contributed by atoms with Crippen LogP contribution in [-0.4, -0.2) is 169 Å². The zero-order valence-electron chi connectivity index (χ0n) is 32.7. The number of aliphatic hydroxyl groups excluding tert-OH is 10. The zero-order chi connectivity index (χ0) is 40.0. The lowest BCUT2D eigenvalue weighted by Crippen LogP contribution is -2.70. The summed E-state index contributed by atoms with van der Waals surface area (Å²) in [7, 11) is 1.25. The van der Waals surface area contributed by atoms with E-state index in [2.05, 4.69) is 0 Å². The molecule has 3 aliphatic heterocycles. The van der Waals surface area contributed by atoms with E-state index in [4.69, 9.17) is 32.8 Å². The summed E-state index contributed by atoms with van der Waals surface area (Å²) in [5.41, 5.74) is -2.97. The maximum atomic E-state index is 11.5. The summed E-state index contributed by atoms with van der Waals surface area (Å²) in [6.07, 6.45) is -25.0. The minimum absolute atomic E-state index is 0.626. The van der Waals surface area contributed by atoms with E-state index >= 15 is 0 Å². The SMILES string of the molecule is CC(C)(C)C(OC1OC(CO)C(O)C(OC2OC(CO)C(O)C(O)C2O)C1OC1OC(CO)C(O)C(O)C1O)(C(C)(C)C)C(C)(C)C.[1H][13CH3].[1H][1H]. The number of ether oxygens (including phenoxy) is 6. The number of aliphatic hydroxyl groups is 10. The van der Waals surface area contributed by atoms with Crippen LogP contribution in [0.25, 0.3) is 0 Å². The van der Waals surface area contributed by atoms with E-state index in [1.54, 1.807) is 0 Å². The summed E-state index contributed by atoms with van der Waals surface area (Å²) in [4.78, 5) is 0. The van der Waals surface area contributed by atoms with E-state index in [1.807, 2.05) is 62.3 Å². The Kier molecular flexibility index (Phi) is 13.3. The molecular weight excluding hydrogens is 641 g/mol. The smallest absolute Gasteiger partial charge is 0.187 e. The van der Waals surface area contributed by atoms with Gasteiger partial charge in [-0.1, -0.05) is 69.7 Å². The van der Waals surface area contributed by atoms with E-state index in [-0.39, 0.29) is 0 Å². The van der Waals surface area contributed by atoms with Gasteiger partial charge in [-0.25, -0.2) is 0 Å². The number of rotatable bonds is 9. The molecule has 15 unspecified atom stereocenters. The summed E-state index contributed by atoms with van der Waals surface area (Å²) in [5.74, 6) is 0. The Labute approximate surface area is 287 Å². The van der Waals surface area contributed by atoms with Crippen LogP contribution in [0.15, 0.2) is 0 Å². The van der Waals surface area contributed by atoms with Crippen LogP contribution in [0.4, 0.5) is 0 Å². The summed E-state index contributed by atoms with van der Waals surface area (Å²) < 4.78 is 52.3. The van der Waals surface area contributed by atoms with Gasteiger partial charge in [0.2, 0.25) is 0 Å². The first-order valence-corrected chi connectivity index (χ1v) is 16.0. The predicted octanol–water partition coefficient (Wildman–Crippen LogP) is -1.79. The van der Waals surface area contributed by atoms with Crippen LogP contribution in [0.3, 0.4) is 0 Å². The van der Waals surface area contributed by atoms with Crippen molar-refractivity contribution < 1.29 is 83.8 Å². The van der Waals surface area contributed by atoms with Gasteiger partial charge in [0.15, 0.2) is 18.9 Å². The summed E-state index contributed by atoms with van der Waals surface area (Å²) in [5, 5.41) is 105. The molecule has 0 bridgehead atoms. The van der Waals surface area contributed by atoms with Crippen LogP contribution >= 0.6 is 0 Å². The first kappa shape index (κ1) is 40.1. The Balaban J connectivity index is 0.00000313. The second kappa shape index (κ2) is 15.9. The molecule has 15 atom stereocenters. The highest BCUT2D eigenvalue weighted by atomic mass is 16.8. The molecule has 0 radical (unpaired) electrons. The van der Waals surface area contributed by atoms with Crippen molar-refractivity contribution in [1.29, 1.82) is 0 Å². The van der Waals surface area contributed by atoms with Gasteiger partial charge in [0.25, 0.3) is 0 Å². The lowest BCUT2D eigenvalue weighted by Gasteiger charge is -2.62. The second-order valence-electron chi connectivity index (χ2n) is 15.9. The van der Waals surface area contributed by atoms with E-state index in [0.29, 0.717) is 0 Å². The number of hydrogen-bond donors (Lipinski definition) is 10. The fraction of sp³-hybridized carbons (Fsp3) is 1.00. The third-order valence-corrected chi connectivity index (χ3v) is 9.54. The van der Waals surface area contributed by atoms with Gasteiger partial charge in [-0.05, 0) is 16.2 Å². The molecule has 0 aromatic heterocycles. The fourth-order valence-electron chi connectivity index (χ4n) is 8.19. The van der Waals surface area contributed by atoms with Gasteiger partial charge in [-0.3, -0.25) is 0 Å². The molecule has 3 rings (SSSR count). The van der Waals surface area contributed by atoms with Gasteiger partial charge in [-0.2, -0.15) is 0 Å². The molecule has 0 saturated carbocycles. The molecule has 16 nitrogen and oxygen atoms in total. The van der Waals surface area contributed by atoms with Gasteiger partial charge in [0.05, 0.1) is 25.4 Å². The molecule has 3 aliphatic rings. The third-order valence-electron chi connectivity index (χ3n) is 9.54. The molecule has 48 heavy (non-hydrogen) atoms. The van der Waals surface area contributed by atoms with Gasteiger partial charge in [-0.15, -0.1) is 0 Å². The lowest BCUT2D eigenvalue weighted by molar-refractivity contribution is -0.416. The Morgan fingerprint density at radius 2 is 0.833 bits per heavy atom. The van der Waals surface area contributed by atoms with Crippen molar-refractivity contribution in [3.05, 3.63) is 0 Å². The van der Waals surface area contributed by atoms with Crippen molar-refractivity contribution in [3.63, 3.8) is 0 Å². The highest BCUT2D eigenvalue weighted by Crippen LogP contribution is 2.58. The zero-order valence-corrected chi connectivity index (χ0v) is 29.7. The summed E-state index contributed by atoms with van der Waals surface area (Å²) in [6.45, 7) is 15.5. The highest BCUT2D eigenvalue weighted by Gasteiger charge is 2.63. The topological polar surface area (TPSA) is 258 Å². The van der Waals surface area contributed by atoms with E-state index in [9.17, 15) is 51.1 Å². The lowest BCUT2D eigenvalue weighted by atomic mass is 9.52. The van der Waals surface area contributed by atoms with Crippen molar-refractivity contribution in [1.82, 2.24) is 0 Å². The molecule has 0 spiro atoms. The van der Waals surface area contributed by atoms with Crippen LogP contribution in [0.1, 0.15) is 74.1 Å². The van der Waals surface area contributed by atoms with Crippen molar-refractivity contribution in [2.75, 3.05) is 19.8 Å². The van der Waals surface area contributed by atoms with Crippen LogP contribution in [0.5, 0.6) is 0 Å². The molecule has 10 N–H and O–H groups in total. The molecule has 3 heterocycles. The minimum atomic E-state index is -1.89. The third kappa shape index (κ3) is 8.04. The van der Waals surface area contributed by atoms with Gasteiger partial charge in [0, 0.05) is 4.34 Å². The molecule has 3 fully saturated rings. The van der Waals surface area contributed by atoms with Crippen LogP contribution in [-0.2, 0) is 28.4 Å². The van der Waals surface area contributed by atoms with Crippen molar-refractivity contribution in [2.24, 2.45) is 16.2 Å². The van der Waals surface area contributed by atoms with Crippen molar-refractivity contribution in [3.8, 4) is 0 Å². The fourth-order valence-corrected chi connectivity index (χ4v) is 8.19. The first-order valence-electron chi connectivity index (χ1n) is 18.0. The average molecular weight is 706 g/mol. The summed E-state index contributed by atoms with van der Waals surface area (Å²) >= 11 is 0. The molecule has 0 aromatic rings. The molecule has 3 saturated heterocycles. The maximum Gasteiger partial charge on any atom is 0.187 e. The van der Waals surface area contributed by atoms with Crippen molar-refractivity contribution >= 4 is 0 Å². The quantitative estimate of drug-likeness (QED) is 0.119. The predicted molar refractivity (Wildman–Crippen MR) is 170 cm³/mol. The Morgan fingerprint density at radius 1 is 0.521 bits per heavy atom. The maximum absolute atomic E-state index is 11.5.